The number of ether oxygens (including phenoxy) is 7. The lowest BCUT2D eigenvalue weighted by Crippen LogP contribution is -2.63. The summed E-state index contributed by atoms with van der Waals surface area (Å²) in [6.45, 7) is 4.22. The Hall–Kier alpha value is -4.52. The van der Waals surface area contributed by atoms with Crippen molar-refractivity contribution >= 4 is 29.8 Å². The molecule has 40 heavy (non-hydrogen) atoms. The molecule has 0 N–H and O–H groups in total. The molecule has 214 valence electrons. The van der Waals surface area contributed by atoms with Crippen LogP contribution in [0, 0.1) is 0 Å². The SMILES string of the molecule is COC(=O)c1ccc(-c2ccc(O[C@@H]3O[C@H](COC(C)=O)[C@@H](OC(C)=O)[C@H](OC(C)=O)[C@@H]3OC(C)=O)cc2)nc1. The number of rotatable bonds is 9. The van der Waals surface area contributed by atoms with Crippen LogP contribution in [0.15, 0.2) is 42.6 Å². The smallest absolute Gasteiger partial charge is 0.339 e. The summed E-state index contributed by atoms with van der Waals surface area (Å²) in [4.78, 5) is 63.2. The summed E-state index contributed by atoms with van der Waals surface area (Å²) >= 11 is 0. The molecule has 0 unspecified atom stereocenters. The average Bonchev–Trinajstić information content (AvgIpc) is 2.90. The molecule has 1 aliphatic rings. The van der Waals surface area contributed by atoms with Gasteiger partial charge in [-0.25, -0.2) is 4.79 Å². The second-order valence-corrected chi connectivity index (χ2v) is 8.63. The van der Waals surface area contributed by atoms with E-state index in [1.54, 1.807) is 36.4 Å². The third-order valence-corrected chi connectivity index (χ3v) is 5.54. The van der Waals surface area contributed by atoms with Crippen LogP contribution in [0.2, 0.25) is 0 Å². The molecule has 1 fully saturated rings. The minimum Gasteiger partial charge on any atom is -0.465 e. The van der Waals surface area contributed by atoms with Crippen molar-refractivity contribution in [1.29, 1.82) is 0 Å². The van der Waals surface area contributed by atoms with Crippen LogP contribution >= 0.6 is 0 Å². The van der Waals surface area contributed by atoms with E-state index < -0.39 is 60.6 Å². The summed E-state index contributed by atoms with van der Waals surface area (Å²) in [5, 5.41) is 0. The zero-order valence-electron chi connectivity index (χ0n) is 22.5. The maximum Gasteiger partial charge on any atom is 0.339 e. The van der Waals surface area contributed by atoms with Gasteiger partial charge in [-0.05, 0) is 36.4 Å². The summed E-state index contributed by atoms with van der Waals surface area (Å²) in [7, 11) is 1.28. The number of carbonyl (C=O) groups is 5. The summed E-state index contributed by atoms with van der Waals surface area (Å²) < 4.78 is 37.8. The first-order valence-electron chi connectivity index (χ1n) is 12.1. The zero-order chi connectivity index (χ0) is 29.4. The third-order valence-electron chi connectivity index (χ3n) is 5.54. The number of methoxy groups -OCH3 is 1. The molecule has 0 radical (unpaired) electrons. The standard InChI is InChI=1S/C27H29NO12/c1-14(29)35-13-22-23(36-15(2)30)24(37-16(3)31)25(38-17(4)32)27(40-22)39-20-9-6-18(7-10-20)21-11-8-19(12-28-21)26(33)34-5/h6-12,22-25,27H,13H2,1-5H3/t22-,23-,24+,25+,27-/m1/s1. The number of hydrogen-bond acceptors (Lipinski definition) is 13. The molecule has 0 saturated carbocycles. The number of benzene rings is 1. The minimum atomic E-state index is -1.36. The maximum absolute atomic E-state index is 12.0. The summed E-state index contributed by atoms with van der Waals surface area (Å²) in [5.41, 5.74) is 1.58. The van der Waals surface area contributed by atoms with Gasteiger partial charge in [-0.15, -0.1) is 0 Å². The highest BCUT2D eigenvalue weighted by Crippen LogP contribution is 2.31. The van der Waals surface area contributed by atoms with Gasteiger partial charge in [-0.3, -0.25) is 24.2 Å². The molecule has 0 bridgehead atoms. The van der Waals surface area contributed by atoms with Crippen LogP contribution in [0.4, 0.5) is 0 Å². The molecule has 13 nitrogen and oxygen atoms in total. The van der Waals surface area contributed by atoms with Crippen molar-refractivity contribution < 1.29 is 57.1 Å². The van der Waals surface area contributed by atoms with Gasteiger partial charge in [0, 0.05) is 39.5 Å². The first kappa shape index (κ1) is 30.0. The van der Waals surface area contributed by atoms with Gasteiger partial charge in [0.05, 0.1) is 18.4 Å². The number of esters is 5. The molecular formula is C27H29NO12. The van der Waals surface area contributed by atoms with Crippen molar-refractivity contribution in [3.8, 4) is 17.0 Å². The molecule has 0 spiro atoms. The predicted molar refractivity (Wildman–Crippen MR) is 134 cm³/mol. The second-order valence-electron chi connectivity index (χ2n) is 8.63. The molecule has 2 heterocycles. The van der Waals surface area contributed by atoms with Crippen molar-refractivity contribution in [2.24, 2.45) is 0 Å². The number of hydrogen-bond donors (Lipinski definition) is 0. The molecule has 0 amide bonds. The molecule has 13 heteroatoms. The molecule has 1 aromatic heterocycles. The van der Waals surface area contributed by atoms with Crippen molar-refractivity contribution in [3.05, 3.63) is 48.2 Å². The quantitative estimate of drug-likeness (QED) is 0.324. The van der Waals surface area contributed by atoms with E-state index in [1.165, 1.54) is 20.2 Å². The third kappa shape index (κ3) is 7.99. The van der Waals surface area contributed by atoms with Gasteiger partial charge in [0.15, 0.2) is 12.2 Å². The van der Waals surface area contributed by atoms with Crippen LogP contribution in [0.25, 0.3) is 11.3 Å². The van der Waals surface area contributed by atoms with E-state index in [1.807, 2.05) is 0 Å². The minimum absolute atomic E-state index is 0.274. The van der Waals surface area contributed by atoms with Gasteiger partial charge in [0.2, 0.25) is 12.4 Å². The fraction of sp³-hybridized carbons (Fsp3) is 0.407. The Morgan fingerprint density at radius 3 is 1.90 bits per heavy atom. The Balaban J connectivity index is 1.89. The Morgan fingerprint density at radius 2 is 1.38 bits per heavy atom. The second kappa shape index (κ2) is 13.5. The van der Waals surface area contributed by atoms with Gasteiger partial charge in [-0.2, -0.15) is 0 Å². The monoisotopic (exact) mass is 559 g/mol. The molecular weight excluding hydrogens is 530 g/mol. The molecule has 1 saturated heterocycles. The summed E-state index contributed by atoms with van der Waals surface area (Å²) in [6, 6.07) is 9.82. The number of pyridine rings is 1. The van der Waals surface area contributed by atoms with Crippen molar-refractivity contribution in [3.63, 3.8) is 0 Å². The summed E-state index contributed by atoms with van der Waals surface area (Å²) in [5.74, 6) is -3.08. The first-order chi connectivity index (χ1) is 19.0. The molecule has 1 aliphatic heterocycles. The average molecular weight is 560 g/mol. The highest BCUT2D eigenvalue weighted by Gasteiger charge is 2.53. The van der Waals surface area contributed by atoms with E-state index in [9.17, 15) is 24.0 Å². The fourth-order valence-corrected chi connectivity index (χ4v) is 3.93. The van der Waals surface area contributed by atoms with Crippen LogP contribution in [0.1, 0.15) is 38.1 Å². The van der Waals surface area contributed by atoms with E-state index >= 15 is 0 Å². The topological polar surface area (TPSA) is 163 Å². The Labute approximate surface area is 229 Å². The van der Waals surface area contributed by atoms with Crippen LogP contribution in [-0.2, 0) is 47.6 Å². The van der Waals surface area contributed by atoms with E-state index in [0.29, 0.717) is 16.8 Å². The fourth-order valence-electron chi connectivity index (χ4n) is 3.93. The lowest BCUT2D eigenvalue weighted by atomic mass is 9.98. The molecule has 1 aromatic carbocycles. The van der Waals surface area contributed by atoms with E-state index in [2.05, 4.69) is 9.72 Å². The van der Waals surface area contributed by atoms with Gasteiger partial charge >= 0.3 is 29.8 Å². The van der Waals surface area contributed by atoms with Crippen molar-refractivity contribution in [1.82, 2.24) is 4.98 Å². The number of aromatic nitrogens is 1. The number of carbonyl (C=O) groups excluding carboxylic acids is 5. The number of nitrogens with zero attached hydrogens (tertiary/aromatic N) is 1. The van der Waals surface area contributed by atoms with Crippen molar-refractivity contribution in [2.45, 2.75) is 58.4 Å². The highest BCUT2D eigenvalue weighted by molar-refractivity contribution is 5.89. The van der Waals surface area contributed by atoms with Crippen molar-refractivity contribution in [2.75, 3.05) is 13.7 Å². The molecule has 0 aliphatic carbocycles. The predicted octanol–water partition coefficient (Wildman–Crippen LogP) is 2.00. The molecule has 2 aromatic rings. The summed E-state index contributed by atoms with van der Waals surface area (Å²) in [6.07, 6.45) is -5.09. The maximum atomic E-state index is 12.0. The normalized spacial score (nSPS) is 21.9. The van der Waals surface area contributed by atoms with Crippen LogP contribution in [0.3, 0.4) is 0 Å². The van der Waals surface area contributed by atoms with E-state index in [0.717, 1.165) is 20.8 Å². The lowest BCUT2D eigenvalue weighted by Gasteiger charge is -2.43. The Kier molecular flexibility index (Phi) is 10.1. The Bertz CT molecular complexity index is 1230. The van der Waals surface area contributed by atoms with Crippen LogP contribution in [-0.4, -0.2) is 79.3 Å². The molecule has 3 rings (SSSR count). The van der Waals surface area contributed by atoms with Gasteiger partial charge < -0.3 is 33.2 Å². The van der Waals surface area contributed by atoms with Gasteiger partial charge in [0.1, 0.15) is 18.5 Å². The highest BCUT2D eigenvalue weighted by atomic mass is 16.7. The van der Waals surface area contributed by atoms with Crippen LogP contribution < -0.4 is 4.74 Å². The Morgan fingerprint density at radius 1 is 0.775 bits per heavy atom. The van der Waals surface area contributed by atoms with Gasteiger partial charge in [0.25, 0.3) is 0 Å². The lowest BCUT2D eigenvalue weighted by molar-refractivity contribution is -0.288. The van der Waals surface area contributed by atoms with E-state index in [-0.39, 0.29) is 12.4 Å². The van der Waals surface area contributed by atoms with E-state index in [4.69, 9.17) is 28.4 Å². The van der Waals surface area contributed by atoms with Crippen LogP contribution in [0.5, 0.6) is 5.75 Å². The largest absolute Gasteiger partial charge is 0.465 e. The molecule has 5 atom stereocenters. The van der Waals surface area contributed by atoms with Gasteiger partial charge in [-0.1, -0.05) is 0 Å². The first-order valence-corrected chi connectivity index (χ1v) is 12.1. The zero-order valence-corrected chi connectivity index (χ0v) is 22.5.